The number of nitrogen functional groups attached to an aromatic ring is 1. The van der Waals surface area contributed by atoms with Crippen LogP contribution in [0.5, 0.6) is 0 Å². The van der Waals surface area contributed by atoms with Crippen molar-refractivity contribution >= 4 is 23.3 Å². The first-order valence-electron chi connectivity index (χ1n) is 4.01. The van der Waals surface area contributed by atoms with Gasteiger partial charge in [-0.05, 0) is 6.07 Å². The lowest BCUT2D eigenvalue weighted by Crippen LogP contribution is -2.40. The summed E-state index contributed by atoms with van der Waals surface area (Å²) in [7, 11) is 0. The number of benzene rings is 1. The summed E-state index contributed by atoms with van der Waals surface area (Å²) >= 11 is 0. The lowest BCUT2D eigenvalue weighted by molar-refractivity contribution is -0.305. The minimum Gasteiger partial charge on any atom is -0.550 e. The molecule has 1 rings (SSSR count). The Morgan fingerprint density at radius 3 is 2.13 bits per heavy atom. The predicted octanol–water partition coefficient (Wildman–Crippen LogP) is -1.65. The van der Waals surface area contributed by atoms with Gasteiger partial charge in [-0.25, -0.2) is 0 Å². The average molecular weight is 212 g/mol. The molecule has 1 aromatic carbocycles. The quantitative estimate of drug-likeness (QED) is 0.399. The van der Waals surface area contributed by atoms with Crippen molar-refractivity contribution in [3.63, 3.8) is 0 Å². The molecule has 0 aromatic heterocycles. The second-order valence-electron chi connectivity index (χ2n) is 2.64. The smallest absolute Gasteiger partial charge is 0.309 e. The summed E-state index contributed by atoms with van der Waals surface area (Å²) in [5.41, 5.74) is 10.8. The molecule has 0 bridgehead atoms. The van der Waals surface area contributed by atoms with Crippen LogP contribution in [0.15, 0.2) is 24.3 Å². The van der Waals surface area contributed by atoms with Crippen molar-refractivity contribution in [3.05, 3.63) is 24.3 Å². The van der Waals surface area contributed by atoms with Crippen LogP contribution in [0.25, 0.3) is 0 Å². The van der Waals surface area contributed by atoms with E-state index in [1.807, 2.05) is 24.3 Å². The zero-order chi connectivity index (χ0) is 11.8. The van der Waals surface area contributed by atoms with Gasteiger partial charge in [0.25, 0.3) is 0 Å². The number of aliphatic carboxylic acids is 2. The summed E-state index contributed by atoms with van der Waals surface area (Å²) in [6.07, 6.45) is -0.917. The van der Waals surface area contributed by atoms with Crippen molar-refractivity contribution in [1.29, 1.82) is 0 Å². The van der Waals surface area contributed by atoms with Crippen molar-refractivity contribution in [2.24, 2.45) is 0 Å². The van der Waals surface area contributed by atoms with E-state index in [1.54, 1.807) is 0 Å². The van der Waals surface area contributed by atoms with Crippen LogP contribution in [0.2, 0.25) is 0 Å². The molecular formula is C9H12N2O4. The Balaban J connectivity index is 0.000000265. The maximum atomic E-state index is 9.39. The van der Waals surface area contributed by atoms with E-state index in [4.69, 9.17) is 10.8 Å². The molecule has 0 fully saturated rings. The maximum Gasteiger partial charge on any atom is 0.309 e. The third-order valence-electron chi connectivity index (χ3n) is 1.35. The zero-order valence-corrected chi connectivity index (χ0v) is 7.97. The molecule has 0 aliphatic rings. The van der Waals surface area contributed by atoms with Crippen molar-refractivity contribution in [2.75, 3.05) is 5.73 Å². The van der Waals surface area contributed by atoms with Crippen molar-refractivity contribution in [3.8, 4) is 0 Å². The van der Waals surface area contributed by atoms with Crippen LogP contribution in [0.3, 0.4) is 0 Å². The molecule has 0 saturated heterocycles. The van der Waals surface area contributed by atoms with Gasteiger partial charge < -0.3 is 26.5 Å². The normalized spacial score (nSPS) is 8.60. The second-order valence-corrected chi connectivity index (χ2v) is 2.64. The molecule has 0 radical (unpaired) electrons. The van der Waals surface area contributed by atoms with E-state index in [0.717, 1.165) is 11.4 Å². The molecule has 0 unspecified atom stereocenters. The van der Waals surface area contributed by atoms with E-state index in [9.17, 15) is 14.7 Å². The summed E-state index contributed by atoms with van der Waals surface area (Å²) < 4.78 is 0. The molecule has 6 heteroatoms. The Morgan fingerprint density at radius 1 is 1.40 bits per heavy atom. The van der Waals surface area contributed by atoms with Crippen LogP contribution in [0.1, 0.15) is 6.42 Å². The summed E-state index contributed by atoms with van der Waals surface area (Å²) in [6.45, 7) is 0. The molecule has 0 spiro atoms. The van der Waals surface area contributed by atoms with Crippen LogP contribution < -0.4 is 16.6 Å². The SMILES string of the molecule is Nc1ccccc1[NH3+].O=C([O-])CC(=O)O. The number of para-hydroxylation sites is 1. The van der Waals surface area contributed by atoms with Crippen LogP contribution in [-0.2, 0) is 9.59 Å². The largest absolute Gasteiger partial charge is 0.550 e. The van der Waals surface area contributed by atoms with Gasteiger partial charge in [-0.2, -0.15) is 0 Å². The molecule has 6 nitrogen and oxygen atoms in total. The van der Waals surface area contributed by atoms with Gasteiger partial charge >= 0.3 is 5.97 Å². The van der Waals surface area contributed by atoms with Gasteiger partial charge in [0.2, 0.25) is 0 Å². The van der Waals surface area contributed by atoms with E-state index in [0.29, 0.717) is 0 Å². The number of carboxylic acids is 2. The standard InChI is InChI=1S/C6H8N2.C3H4O4/c7-5-3-1-2-4-6(5)8;4-2(5)1-3(6)7/h1-4H,7-8H2;1H2,(H,4,5)(H,6,7). The zero-order valence-electron chi connectivity index (χ0n) is 7.97. The molecule has 0 saturated carbocycles. The van der Waals surface area contributed by atoms with Gasteiger partial charge in [0, 0.05) is 6.07 Å². The molecule has 0 aliphatic carbocycles. The van der Waals surface area contributed by atoms with Gasteiger partial charge in [0.1, 0.15) is 0 Å². The first kappa shape index (κ1) is 12.9. The minimum absolute atomic E-state index is 0.757. The highest BCUT2D eigenvalue weighted by Gasteiger charge is 1.92. The lowest BCUT2D eigenvalue weighted by atomic mass is 10.3. The topological polar surface area (TPSA) is 131 Å². The summed E-state index contributed by atoms with van der Waals surface area (Å²) in [5, 5.41) is 17.0. The molecule has 0 aliphatic heterocycles. The van der Waals surface area contributed by atoms with Gasteiger partial charge in [0.05, 0.1) is 18.1 Å². The third kappa shape index (κ3) is 7.03. The highest BCUT2D eigenvalue weighted by atomic mass is 16.4. The fraction of sp³-hybridized carbons (Fsp3) is 0.111. The van der Waals surface area contributed by atoms with Crippen LogP contribution in [0.4, 0.5) is 11.4 Å². The number of hydrogen-bond donors (Lipinski definition) is 3. The van der Waals surface area contributed by atoms with E-state index in [1.165, 1.54) is 0 Å². The number of nitrogens with two attached hydrogens (primary N) is 1. The molecule has 6 N–H and O–H groups in total. The molecule has 1 aromatic rings. The van der Waals surface area contributed by atoms with E-state index in [2.05, 4.69) is 5.73 Å². The maximum absolute atomic E-state index is 9.39. The number of quaternary nitrogens is 1. The fourth-order valence-corrected chi connectivity index (χ4v) is 0.658. The minimum atomic E-state index is -1.56. The highest BCUT2D eigenvalue weighted by molar-refractivity contribution is 5.87. The lowest BCUT2D eigenvalue weighted by Gasteiger charge is -1.91. The van der Waals surface area contributed by atoms with Gasteiger partial charge in [-0.1, -0.05) is 12.1 Å². The number of carbonyl (C=O) groups is 2. The van der Waals surface area contributed by atoms with Crippen molar-refractivity contribution in [1.82, 2.24) is 0 Å². The molecule has 0 heterocycles. The molecule has 15 heavy (non-hydrogen) atoms. The van der Waals surface area contributed by atoms with Gasteiger partial charge in [-0.15, -0.1) is 0 Å². The van der Waals surface area contributed by atoms with E-state index in [-0.39, 0.29) is 0 Å². The fourth-order valence-electron chi connectivity index (χ4n) is 0.658. The van der Waals surface area contributed by atoms with Crippen LogP contribution in [0, 0.1) is 0 Å². The summed E-state index contributed by atoms with van der Waals surface area (Å²) in [6, 6.07) is 7.53. The van der Waals surface area contributed by atoms with Gasteiger partial charge in [0.15, 0.2) is 5.69 Å². The van der Waals surface area contributed by atoms with Crippen LogP contribution >= 0.6 is 0 Å². The number of anilines is 1. The number of carbonyl (C=O) groups excluding carboxylic acids is 1. The van der Waals surface area contributed by atoms with Crippen LogP contribution in [-0.4, -0.2) is 17.0 Å². The molecule has 0 atom stereocenters. The van der Waals surface area contributed by atoms with E-state index >= 15 is 0 Å². The first-order valence-corrected chi connectivity index (χ1v) is 4.01. The second kappa shape index (κ2) is 6.39. The Labute approximate surface area is 86.1 Å². The van der Waals surface area contributed by atoms with E-state index < -0.39 is 18.4 Å². The Kier molecular flexibility index (Phi) is 5.50. The van der Waals surface area contributed by atoms with Crippen molar-refractivity contribution < 1.29 is 25.5 Å². The number of carboxylic acid groups (broad SMARTS) is 2. The summed E-state index contributed by atoms with van der Waals surface area (Å²) in [4.78, 5) is 18.7. The Hall–Kier alpha value is -2.08. The monoisotopic (exact) mass is 212 g/mol. The third-order valence-corrected chi connectivity index (χ3v) is 1.35. The first-order chi connectivity index (χ1) is 6.93. The predicted molar refractivity (Wildman–Crippen MR) is 50.7 cm³/mol. The number of hydrogen-bond acceptors (Lipinski definition) is 4. The summed E-state index contributed by atoms with van der Waals surface area (Å²) in [5.74, 6) is -2.94. The van der Waals surface area contributed by atoms with Crippen molar-refractivity contribution in [2.45, 2.75) is 6.42 Å². The number of rotatable bonds is 2. The Morgan fingerprint density at radius 2 is 1.93 bits per heavy atom. The Bertz CT molecular complexity index is 319. The van der Waals surface area contributed by atoms with Gasteiger partial charge in [-0.3, -0.25) is 4.79 Å². The molecule has 82 valence electrons. The molecular weight excluding hydrogens is 200 g/mol. The molecule has 0 amide bonds. The highest BCUT2D eigenvalue weighted by Crippen LogP contribution is 2.08. The average Bonchev–Trinajstić information content (AvgIpc) is 2.08.